The highest BCUT2D eigenvalue weighted by Gasteiger charge is 2.15. The van der Waals surface area contributed by atoms with Gasteiger partial charge < -0.3 is 19.9 Å². The van der Waals surface area contributed by atoms with Gasteiger partial charge in [0.15, 0.2) is 0 Å². The van der Waals surface area contributed by atoms with Crippen molar-refractivity contribution in [2.45, 2.75) is 19.9 Å². The molecule has 0 bridgehead atoms. The van der Waals surface area contributed by atoms with Gasteiger partial charge >= 0.3 is 0 Å². The summed E-state index contributed by atoms with van der Waals surface area (Å²) in [5.41, 5.74) is 1.02. The summed E-state index contributed by atoms with van der Waals surface area (Å²) < 4.78 is 11.9. The van der Waals surface area contributed by atoms with E-state index in [1.54, 1.807) is 13.1 Å². The van der Waals surface area contributed by atoms with E-state index in [9.17, 15) is 4.79 Å². The normalized spacial score (nSPS) is 14.2. The first kappa shape index (κ1) is 14.5. The number of carbonyl (C=O) groups excluding carboxylic acids is 1. The minimum absolute atomic E-state index is 0.202. The van der Waals surface area contributed by atoms with Crippen LogP contribution >= 0.6 is 0 Å². The summed E-state index contributed by atoms with van der Waals surface area (Å²) in [6.07, 6.45) is 2.62. The standard InChI is InChI=1S/C13H18N6O3/c1-9-13(18-22-17-9)21-7-5-15-12(20)10-8-19-6-4-14-3-2-11(19)16-10/h8,14H,2-7H2,1H3,(H,15,20). The molecule has 0 saturated carbocycles. The summed E-state index contributed by atoms with van der Waals surface area (Å²) in [6, 6.07) is 0. The zero-order valence-corrected chi connectivity index (χ0v) is 12.3. The van der Waals surface area contributed by atoms with E-state index in [0.717, 1.165) is 31.9 Å². The number of carbonyl (C=O) groups is 1. The molecule has 0 fully saturated rings. The van der Waals surface area contributed by atoms with Crippen molar-refractivity contribution >= 4 is 5.91 Å². The summed E-state index contributed by atoms with van der Waals surface area (Å²) in [6.45, 7) is 4.99. The molecule has 1 aliphatic rings. The second-order valence-electron chi connectivity index (χ2n) is 4.99. The fourth-order valence-electron chi connectivity index (χ4n) is 2.24. The summed E-state index contributed by atoms with van der Waals surface area (Å²) in [7, 11) is 0. The van der Waals surface area contributed by atoms with Crippen LogP contribution in [0.3, 0.4) is 0 Å². The number of hydrogen-bond acceptors (Lipinski definition) is 7. The Morgan fingerprint density at radius 2 is 2.41 bits per heavy atom. The predicted octanol–water partition coefficient (Wildman–Crippen LogP) is -0.471. The second-order valence-corrected chi connectivity index (χ2v) is 4.99. The number of aryl methyl sites for hydroxylation is 1. The third-order valence-corrected chi connectivity index (χ3v) is 3.38. The number of hydrogen-bond donors (Lipinski definition) is 2. The Hall–Kier alpha value is -2.42. The van der Waals surface area contributed by atoms with Crippen LogP contribution in [-0.4, -0.2) is 52.0 Å². The zero-order chi connectivity index (χ0) is 15.4. The zero-order valence-electron chi connectivity index (χ0n) is 12.3. The average molecular weight is 306 g/mol. The molecule has 0 aliphatic carbocycles. The molecule has 3 rings (SSSR count). The lowest BCUT2D eigenvalue weighted by atomic mass is 10.4. The van der Waals surface area contributed by atoms with Crippen molar-refractivity contribution in [2.24, 2.45) is 0 Å². The minimum Gasteiger partial charge on any atom is -0.472 e. The van der Waals surface area contributed by atoms with Gasteiger partial charge in [0.25, 0.3) is 11.8 Å². The first-order valence-electron chi connectivity index (χ1n) is 7.21. The summed E-state index contributed by atoms with van der Waals surface area (Å²) in [5.74, 6) is 1.08. The van der Waals surface area contributed by atoms with Gasteiger partial charge in [-0.15, -0.1) is 0 Å². The maximum absolute atomic E-state index is 12.1. The monoisotopic (exact) mass is 306 g/mol. The van der Waals surface area contributed by atoms with Gasteiger partial charge in [0.2, 0.25) is 0 Å². The van der Waals surface area contributed by atoms with Crippen molar-refractivity contribution in [3.05, 3.63) is 23.4 Å². The quantitative estimate of drug-likeness (QED) is 0.719. The highest BCUT2D eigenvalue weighted by molar-refractivity contribution is 5.92. The Kier molecular flexibility index (Phi) is 4.33. The number of nitrogens with zero attached hydrogens (tertiary/aromatic N) is 4. The van der Waals surface area contributed by atoms with Crippen LogP contribution in [0.1, 0.15) is 22.0 Å². The van der Waals surface area contributed by atoms with Gasteiger partial charge in [0.1, 0.15) is 23.8 Å². The van der Waals surface area contributed by atoms with Crippen LogP contribution in [0.5, 0.6) is 5.88 Å². The lowest BCUT2D eigenvalue weighted by Crippen LogP contribution is -2.28. The number of fused-ring (bicyclic) bond motifs is 1. The van der Waals surface area contributed by atoms with E-state index >= 15 is 0 Å². The Morgan fingerprint density at radius 1 is 1.50 bits per heavy atom. The number of nitrogens with one attached hydrogen (secondary N) is 2. The van der Waals surface area contributed by atoms with E-state index in [4.69, 9.17) is 4.74 Å². The molecule has 2 aromatic heterocycles. The smallest absolute Gasteiger partial charge is 0.278 e. The van der Waals surface area contributed by atoms with Crippen LogP contribution < -0.4 is 15.4 Å². The van der Waals surface area contributed by atoms with Gasteiger partial charge in [-0.25, -0.2) is 9.61 Å². The summed E-state index contributed by atoms with van der Waals surface area (Å²) >= 11 is 0. The molecule has 1 amide bonds. The van der Waals surface area contributed by atoms with E-state index in [1.165, 1.54) is 0 Å². The molecule has 22 heavy (non-hydrogen) atoms. The lowest BCUT2D eigenvalue weighted by Gasteiger charge is -2.04. The van der Waals surface area contributed by atoms with Gasteiger partial charge in [-0.3, -0.25) is 4.79 Å². The van der Waals surface area contributed by atoms with E-state index in [1.807, 2.05) is 4.57 Å². The molecule has 118 valence electrons. The third-order valence-electron chi connectivity index (χ3n) is 3.38. The Labute approximate surface area is 127 Å². The lowest BCUT2D eigenvalue weighted by molar-refractivity contribution is 0.0941. The van der Waals surface area contributed by atoms with E-state index in [0.29, 0.717) is 23.8 Å². The molecular weight excluding hydrogens is 288 g/mol. The largest absolute Gasteiger partial charge is 0.472 e. The molecule has 0 atom stereocenters. The van der Waals surface area contributed by atoms with Crippen LogP contribution in [0.25, 0.3) is 0 Å². The van der Waals surface area contributed by atoms with Crippen molar-refractivity contribution in [1.82, 2.24) is 30.5 Å². The molecule has 1 aliphatic heterocycles. The maximum Gasteiger partial charge on any atom is 0.278 e. The first-order chi connectivity index (χ1) is 10.7. The van der Waals surface area contributed by atoms with Crippen molar-refractivity contribution in [1.29, 1.82) is 0 Å². The van der Waals surface area contributed by atoms with Crippen molar-refractivity contribution in [2.75, 3.05) is 26.2 Å². The van der Waals surface area contributed by atoms with E-state index < -0.39 is 0 Å². The van der Waals surface area contributed by atoms with E-state index in [2.05, 4.69) is 30.6 Å². The van der Waals surface area contributed by atoms with Crippen molar-refractivity contribution in [3.8, 4) is 5.88 Å². The Balaban J connectivity index is 1.49. The van der Waals surface area contributed by atoms with Crippen LogP contribution in [0, 0.1) is 6.92 Å². The second kappa shape index (κ2) is 6.56. The molecule has 2 aromatic rings. The summed E-state index contributed by atoms with van der Waals surface area (Å²) in [5, 5.41) is 13.3. The molecule has 3 heterocycles. The first-order valence-corrected chi connectivity index (χ1v) is 7.21. The SMILES string of the molecule is Cc1nonc1OCCNC(=O)c1cn2c(n1)CCNCC2. The molecule has 9 nitrogen and oxygen atoms in total. The van der Waals surface area contributed by atoms with Gasteiger partial charge in [-0.1, -0.05) is 5.16 Å². The maximum atomic E-state index is 12.1. The molecule has 0 radical (unpaired) electrons. The van der Waals surface area contributed by atoms with Crippen LogP contribution in [0.2, 0.25) is 0 Å². The average Bonchev–Trinajstić information content (AvgIpc) is 3.04. The number of amides is 1. The van der Waals surface area contributed by atoms with Gasteiger partial charge in [-0.2, -0.15) is 0 Å². The molecule has 2 N–H and O–H groups in total. The third kappa shape index (κ3) is 3.25. The van der Waals surface area contributed by atoms with Gasteiger partial charge in [0, 0.05) is 32.3 Å². The highest BCUT2D eigenvalue weighted by Crippen LogP contribution is 2.09. The van der Waals surface area contributed by atoms with E-state index in [-0.39, 0.29) is 12.5 Å². The minimum atomic E-state index is -0.202. The number of aromatic nitrogens is 4. The van der Waals surface area contributed by atoms with Crippen molar-refractivity contribution in [3.63, 3.8) is 0 Å². The number of ether oxygens (including phenoxy) is 1. The molecule has 0 spiro atoms. The van der Waals surface area contributed by atoms with Crippen LogP contribution in [-0.2, 0) is 13.0 Å². The molecular formula is C13H18N6O3. The van der Waals surface area contributed by atoms with Gasteiger partial charge in [-0.05, 0) is 12.1 Å². The molecule has 9 heteroatoms. The predicted molar refractivity (Wildman–Crippen MR) is 75.7 cm³/mol. The Morgan fingerprint density at radius 3 is 3.23 bits per heavy atom. The number of rotatable bonds is 5. The topological polar surface area (TPSA) is 107 Å². The Bertz CT molecular complexity index is 626. The van der Waals surface area contributed by atoms with Crippen LogP contribution in [0.15, 0.2) is 10.8 Å². The number of imidazole rings is 1. The van der Waals surface area contributed by atoms with Gasteiger partial charge in [0.05, 0.1) is 6.54 Å². The van der Waals surface area contributed by atoms with Crippen LogP contribution in [0.4, 0.5) is 0 Å². The highest BCUT2D eigenvalue weighted by atomic mass is 16.6. The summed E-state index contributed by atoms with van der Waals surface area (Å²) in [4.78, 5) is 16.5. The fraction of sp³-hybridized carbons (Fsp3) is 0.538. The fourth-order valence-corrected chi connectivity index (χ4v) is 2.24. The molecule has 0 unspecified atom stereocenters. The molecule has 0 saturated heterocycles. The van der Waals surface area contributed by atoms with Crippen molar-refractivity contribution < 1.29 is 14.2 Å². The molecule has 0 aromatic carbocycles.